The summed E-state index contributed by atoms with van der Waals surface area (Å²) in [6, 6.07) is 20.9. The second kappa shape index (κ2) is 7.47. The van der Waals surface area contributed by atoms with Crippen LogP contribution in [0.3, 0.4) is 0 Å². The van der Waals surface area contributed by atoms with Gasteiger partial charge in [0.2, 0.25) is 0 Å². The Morgan fingerprint density at radius 2 is 1.00 bits per heavy atom. The van der Waals surface area contributed by atoms with Gasteiger partial charge in [-0.05, 0) is 0 Å². The van der Waals surface area contributed by atoms with Crippen LogP contribution in [0.2, 0.25) is 0 Å². The molecule has 0 unspecified atom stereocenters. The zero-order valence-corrected chi connectivity index (χ0v) is 11.2. The van der Waals surface area contributed by atoms with Crippen molar-refractivity contribution < 1.29 is 33.7 Å². The SMILES string of the molecule is O=P(O)(O)O.c1cc[c]([Ni][c]2ccccc2)cc1. The van der Waals surface area contributed by atoms with Gasteiger partial charge in [0.05, 0.1) is 0 Å². The zero-order chi connectivity index (χ0) is 13.4. The fraction of sp³-hybridized carbons (Fsp3) is 0. The van der Waals surface area contributed by atoms with E-state index in [0.29, 0.717) is 0 Å². The van der Waals surface area contributed by atoms with Gasteiger partial charge in [-0.15, -0.1) is 0 Å². The summed E-state index contributed by atoms with van der Waals surface area (Å²) in [4.78, 5) is 21.6. The third-order valence-corrected chi connectivity index (χ3v) is 2.84. The summed E-state index contributed by atoms with van der Waals surface area (Å²) >= 11 is 1.60. The van der Waals surface area contributed by atoms with Crippen molar-refractivity contribution in [1.82, 2.24) is 0 Å². The van der Waals surface area contributed by atoms with E-state index < -0.39 is 7.82 Å². The molecule has 0 aliphatic rings. The van der Waals surface area contributed by atoms with Gasteiger partial charge in [0.15, 0.2) is 0 Å². The third-order valence-electron chi connectivity index (χ3n) is 1.61. The predicted octanol–water partition coefficient (Wildman–Crippen LogP) is 0.791. The van der Waals surface area contributed by atoms with Crippen LogP contribution < -0.4 is 9.07 Å². The van der Waals surface area contributed by atoms with Crippen molar-refractivity contribution in [2.24, 2.45) is 0 Å². The molecule has 0 saturated heterocycles. The molecule has 2 rings (SSSR count). The van der Waals surface area contributed by atoms with Crippen LogP contribution in [0.1, 0.15) is 0 Å². The van der Waals surface area contributed by atoms with Gasteiger partial charge < -0.3 is 14.7 Å². The number of rotatable bonds is 2. The molecular formula is C12H13NiO4P. The standard InChI is InChI=1S/2C6H5.Ni.H3O4P/c2*1-2-4-6-5-3-1;;1-5(2,3)4/h2*1-5H;;(H3,1,2,3,4). The Balaban J connectivity index is 0.000000280. The molecule has 100 valence electrons. The van der Waals surface area contributed by atoms with Gasteiger partial charge in [0.1, 0.15) is 0 Å². The van der Waals surface area contributed by atoms with Crippen LogP contribution in [0.25, 0.3) is 0 Å². The van der Waals surface area contributed by atoms with Crippen LogP contribution in [0.4, 0.5) is 0 Å². The van der Waals surface area contributed by atoms with Gasteiger partial charge in [0.25, 0.3) is 0 Å². The zero-order valence-electron chi connectivity index (χ0n) is 9.29. The van der Waals surface area contributed by atoms with E-state index in [1.165, 1.54) is 9.07 Å². The molecule has 0 aliphatic carbocycles. The Kier molecular flexibility index (Phi) is 6.27. The van der Waals surface area contributed by atoms with Crippen molar-refractivity contribution >= 4 is 16.9 Å². The maximum absolute atomic E-state index is 8.88. The number of benzene rings is 2. The van der Waals surface area contributed by atoms with E-state index in [1.807, 2.05) is 12.1 Å². The van der Waals surface area contributed by atoms with Gasteiger partial charge >= 0.3 is 92.0 Å². The summed E-state index contributed by atoms with van der Waals surface area (Å²) in [6.45, 7) is 0. The molecule has 6 heteroatoms. The van der Waals surface area contributed by atoms with E-state index in [2.05, 4.69) is 48.5 Å². The fourth-order valence-corrected chi connectivity index (χ4v) is 2.05. The van der Waals surface area contributed by atoms with Gasteiger partial charge in [0, 0.05) is 0 Å². The molecule has 0 atom stereocenters. The van der Waals surface area contributed by atoms with E-state index >= 15 is 0 Å². The molecule has 0 fully saturated rings. The van der Waals surface area contributed by atoms with Gasteiger partial charge in [-0.3, -0.25) is 0 Å². The van der Waals surface area contributed by atoms with Crippen molar-refractivity contribution in [2.75, 3.05) is 0 Å². The summed E-state index contributed by atoms with van der Waals surface area (Å²) in [7, 11) is -4.64. The van der Waals surface area contributed by atoms with Gasteiger partial charge in [-0.2, -0.15) is 0 Å². The van der Waals surface area contributed by atoms with Gasteiger partial charge in [-0.25, -0.2) is 4.57 Å². The Labute approximate surface area is 111 Å². The topological polar surface area (TPSA) is 77.8 Å². The van der Waals surface area contributed by atoms with Crippen LogP contribution in [0.5, 0.6) is 0 Å². The van der Waals surface area contributed by atoms with E-state index in [-0.39, 0.29) is 0 Å². The molecule has 0 aliphatic heterocycles. The summed E-state index contributed by atoms with van der Waals surface area (Å²) in [5.74, 6) is 0. The van der Waals surface area contributed by atoms with Crippen LogP contribution in [0, 0.1) is 0 Å². The average Bonchev–Trinajstić information content (AvgIpc) is 2.29. The molecule has 0 heterocycles. The van der Waals surface area contributed by atoms with Crippen molar-refractivity contribution in [3.8, 4) is 0 Å². The third kappa shape index (κ3) is 8.18. The molecule has 0 saturated carbocycles. The molecule has 0 amide bonds. The first-order chi connectivity index (χ1) is 8.45. The number of hydrogen-bond acceptors (Lipinski definition) is 1. The summed E-state index contributed by atoms with van der Waals surface area (Å²) in [5.41, 5.74) is 0. The first kappa shape index (κ1) is 15.1. The average molecular weight is 311 g/mol. The van der Waals surface area contributed by atoms with Crippen molar-refractivity contribution in [1.29, 1.82) is 0 Å². The Morgan fingerprint density at radius 1 is 0.722 bits per heavy atom. The summed E-state index contributed by atoms with van der Waals surface area (Å²) in [5, 5.41) is 0. The Morgan fingerprint density at radius 3 is 1.28 bits per heavy atom. The first-order valence-electron chi connectivity index (χ1n) is 4.92. The van der Waals surface area contributed by atoms with Crippen LogP contribution in [-0.4, -0.2) is 14.7 Å². The normalized spacial score (nSPS) is 10.6. The van der Waals surface area contributed by atoms with Crippen LogP contribution in [0.15, 0.2) is 60.7 Å². The molecule has 0 spiro atoms. The minimum atomic E-state index is -4.64. The Bertz CT molecular complexity index is 452. The summed E-state index contributed by atoms with van der Waals surface area (Å²) < 4.78 is 11.5. The minimum absolute atomic E-state index is 1.31. The van der Waals surface area contributed by atoms with Crippen molar-refractivity contribution in [3.63, 3.8) is 0 Å². The van der Waals surface area contributed by atoms with E-state index in [0.717, 1.165) is 0 Å². The van der Waals surface area contributed by atoms with Crippen LogP contribution in [-0.2, 0) is 19.0 Å². The number of hydrogen-bond donors (Lipinski definition) is 3. The summed E-state index contributed by atoms with van der Waals surface area (Å²) in [6.07, 6.45) is 0. The monoisotopic (exact) mass is 310 g/mol. The molecule has 3 N–H and O–H groups in total. The van der Waals surface area contributed by atoms with Crippen LogP contribution >= 0.6 is 7.82 Å². The molecule has 2 aromatic rings. The first-order valence-corrected chi connectivity index (χ1v) is 7.47. The fourth-order valence-electron chi connectivity index (χ4n) is 1.02. The predicted molar refractivity (Wildman–Crippen MR) is 66.4 cm³/mol. The Hall–Kier alpha value is -0.956. The van der Waals surface area contributed by atoms with E-state index in [4.69, 9.17) is 19.2 Å². The molecule has 18 heavy (non-hydrogen) atoms. The molecule has 0 aromatic heterocycles. The van der Waals surface area contributed by atoms with Crippen molar-refractivity contribution in [3.05, 3.63) is 60.7 Å². The second-order valence-corrected chi connectivity index (χ2v) is 5.53. The second-order valence-electron chi connectivity index (χ2n) is 3.11. The molecule has 2 aromatic carbocycles. The van der Waals surface area contributed by atoms with Crippen molar-refractivity contribution in [2.45, 2.75) is 0 Å². The van der Waals surface area contributed by atoms with E-state index in [9.17, 15) is 0 Å². The molecule has 4 nitrogen and oxygen atoms in total. The maximum atomic E-state index is 8.88. The van der Waals surface area contributed by atoms with Gasteiger partial charge in [-0.1, -0.05) is 0 Å². The molecular weight excluding hydrogens is 298 g/mol. The quantitative estimate of drug-likeness (QED) is 0.566. The molecule has 0 radical (unpaired) electrons. The number of phosphoric acid groups is 1. The molecule has 0 bridgehead atoms. The van der Waals surface area contributed by atoms with E-state index in [1.54, 1.807) is 14.4 Å².